The van der Waals surface area contributed by atoms with Crippen LogP contribution in [-0.2, 0) is 4.79 Å². The van der Waals surface area contributed by atoms with Crippen LogP contribution in [0.3, 0.4) is 0 Å². The molecule has 1 saturated carbocycles. The van der Waals surface area contributed by atoms with Crippen LogP contribution in [-0.4, -0.2) is 52.6 Å². The molecule has 1 aliphatic carbocycles. The number of carbonyl (C=O) groups excluding carboxylic acids is 1. The topological polar surface area (TPSA) is 60.9 Å². The average molecular weight is 282 g/mol. The molecule has 0 aromatic rings. The normalized spacial score (nSPS) is 25.8. The van der Waals surface area contributed by atoms with Crippen LogP contribution in [0.2, 0.25) is 0 Å². The molecule has 20 heavy (non-hydrogen) atoms. The Morgan fingerprint density at radius 1 is 1.30 bits per heavy atom. The maximum atomic E-state index is 12.6. The highest BCUT2D eigenvalue weighted by molar-refractivity contribution is 5.80. The lowest BCUT2D eigenvalue weighted by molar-refractivity contribution is -0.148. The summed E-state index contributed by atoms with van der Waals surface area (Å²) in [6, 6.07) is 0.446. The lowest BCUT2D eigenvalue weighted by Gasteiger charge is -2.29. The highest BCUT2D eigenvalue weighted by atomic mass is 16.4. The van der Waals surface area contributed by atoms with E-state index in [4.69, 9.17) is 0 Å². The fourth-order valence-electron chi connectivity index (χ4n) is 3.24. The molecule has 1 saturated heterocycles. The molecule has 0 radical (unpaired) electrons. The van der Waals surface area contributed by atoms with Gasteiger partial charge in [0.05, 0.1) is 5.41 Å². The van der Waals surface area contributed by atoms with Gasteiger partial charge in [0.25, 0.3) is 0 Å². The van der Waals surface area contributed by atoms with Crippen molar-refractivity contribution in [1.29, 1.82) is 0 Å². The molecule has 5 heteroatoms. The van der Waals surface area contributed by atoms with Crippen molar-refractivity contribution in [3.63, 3.8) is 0 Å². The van der Waals surface area contributed by atoms with Crippen LogP contribution in [0.5, 0.6) is 0 Å². The molecular weight excluding hydrogens is 256 g/mol. The largest absolute Gasteiger partial charge is 0.481 e. The fraction of sp³-hybridized carbons (Fsp3) is 0.867. The number of hydrogen-bond acceptors (Lipinski definition) is 2. The molecule has 114 valence electrons. The number of likely N-dealkylation sites (tertiary alicyclic amines) is 1. The van der Waals surface area contributed by atoms with E-state index in [2.05, 4.69) is 6.92 Å². The Hall–Kier alpha value is -1.26. The molecule has 0 aromatic heterocycles. The number of nitrogens with zero attached hydrogens (tertiary/aromatic N) is 2. The third-order valence-electron chi connectivity index (χ3n) is 4.50. The first kappa shape index (κ1) is 15.1. The summed E-state index contributed by atoms with van der Waals surface area (Å²) < 4.78 is 0. The van der Waals surface area contributed by atoms with E-state index >= 15 is 0 Å². The zero-order valence-electron chi connectivity index (χ0n) is 12.6. The van der Waals surface area contributed by atoms with Crippen LogP contribution in [0.1, 0.15) is 52.4 Å². The second-order valence-electron chi connectivity index (χ2n) is 6.21. The third-order valence-corrected chi connectivity index (χ3v) is 4.50. The molecule has 0 spiro atoms. The number of carboxylic acid groups (broad SMARTS) is 1. The van der Waals surface area contributed by atoms with Crippen LogP contribution >= 0.6 is 0 Å². The molecule has 2 rings (SSSR count). The quantitative estimate of drug-likeness (QED) is 0.814. The molecule has 5 nitrogen and oxygen atoms in total. The summed E-state index contributed by atoms with van der Waals surface area (Å²) in [6.07, 6.45) is 5.23. The van der Waals surface area contributed by atoms with Crippen molar-refractivity contribution in [3.8, 4) is 0 Å². The van der Waals surface area contributed by atoms with E-state index < -0.39 is 11.4 Å². The average Bonchev–Trinajstić information content (AvgIpc) is 3.16. The minimum Gasteiger partial charge on any atom is -0.481 e. The molecule has 1 atom stereocenters. The maximum Gasteiger partial charge on any atom is 0.320 e. The molecule has 2 aliphatic rings. The lowest BCUT2D eigenvalue weighted by Crippen LogP contribution is -2.45. The standard InChI is InChI=1S/C15H26N2O3/c1-3-7-15(13(18)19)8-10-16(11-15)14(20)17(9-4-2)12-5-6-12/h12H,3-11H2,1-2H3,(H,18,19). The fourth-order valence-corrected chi connectivity index (χ4v) is 3.24. The Morgan fingerprint density at radius 3 is 2.50 bits per heavy atom. The number of amides is 2. The zero-order valence-corrected chi connectivity index (χ0v) is 12.6. The van der Waals surface area contributed by atoms with Crippen molar-refractivity contribution in [3.05, 3.63) is 0 Å². The van der Waals surface area contributed by atoms with Crippen LogP contribution in [0.4, 0.5) is 4.79 Å². The van der Waals surface area contributed by atoms with Gasteiger partial charge in [-0.25, -0.2) is 4.79 Å². The van der Waals surface area contributed by atoms with Crippen molar-refractivity contribution in [2.75, 3.05) is 19.6 Å². The Morgan fingerprint density at radius 2 is 2.00 bits per heavy atom. The van der Waals surface area contributed by atoms with Gasteiger partial charge in [-0.3, -0.25) is 4.79 Å². The summed E-state index contributed by atoms with van der Waals surface area (Å²) in [5, 5.41) is 9.51. The predicted octanol–water partition coefficient (Wildman–Crippen LogP) is 2.56. The molecule has 1 heterocycles. The second-order valence-corrected chi connectivity index (χ2v) is 6.21. The molecule has 2 amide bonds. The van der Waals surface area contributed by atoms with Crippen LogP contribution in [0.25, 0.3) is 0 Å². The summed E-state index contributed by atoms with van der Waals surface area (Å²) in [5.74, 6) is -0.747. The number of hydrogen-bond donors (Lipinski definition) is 1. The van der Waals surface area contributed by atoms with Gasteiger partial charge in [0.15, 0.2) is 0 Å². The number of aliphatic carboxylic acids is 1. The van der Waals surface area contributed by atoms with Gasteiger partial charge in [0, 0.05) is 25.7 Å². The third kappa shape index (κ3) is 2.91. The molecule has 1 unspecified atom stereocenters. The minimum absolute atomic E-state index is 0.0496. The monoisotopic (exact) mass is 282 g/mol. The van der Waals surface area contributed by atoms with E-state index in [-0.39, 0.29) is 6.03 Å². The van der Waals surface area contributed by atoms with E-state index in [1.807, 2.05) is 11.8 Å². The first-order chi connectivity index (χ1) is 9.54. The summed E-state index contributed by atoms with van der Waals surface area (Å²) >= 11 is 0. The van der Waals surface area contributed by atoms with Crippen molar-refractivity contribution >= 4 is 12.0 Å². The van der Waals surface area contributed by atoms with Gasteiger partial charge in [0.2, 0.25) is 0 Å². The van der Waals surface area contributed by atoms with Crippen LogP contribution < -0.4 is 0 Å². The van der Waals surface area contributed by atoms with Crippen molar-refractivity contribution in [1.82, 2.24) is 9.80 Å². The summed E-state index contributed by atoms with van der Waals surface area (Å²) in [5.41, 5.74) is -0.716. The van der Waals surface area contributed by atoms with E-state index in [9.17, 15) is 14.7 Å². The summed E-state index contributed by atoms with van der Waals surface area (Å²) in [6.45, 7) is 5.82. The van der Waals surface area contributed by atoms with Gasteiger partial charge in [-0.05, 0) is 32.1 Å². The van der Waals surface area contributed by atoms with Gasteiger partial charge in [-0.1, -0.05) is 20.3 Å². The molecule has 1 aliphatic heterocycles. The van der Waals surface area contributed by atoms with Crippen LogP contribution in [0, 0.1) is 5.41 Å². The van der Waals surface area contributed by atoms with Gasteiger partial charge in [-0.2, -0.15) is 0 Å². The number of rotatable bonds is 6. The van der Waals surface area contributed by atoms with E-state index in [1.165, 1.54) is 0 Å². The Bertz CT molecular complexity index is 381. The molecule has 0 bridgehead atoms. The first-order valence-electron chi connectivity index (χ1n) is 7.83. The summed E-state index contributed by atoms with van der Waals surface area (Å²) in [7, 11) is 0. The molecule has 2 fully saturated rings. The van der Waals surface area contributed by atoms with Gasteiger partial charge in [0.1, 0.15) is 0 Å². The smallest absolute Gasteiger partial charge is 0.320 e. The maximum absolute atomic E-state index is 12.6. The van der Waals surface area contributed by atoms with Crippen molar-refractivity contribution < 1.29 is 14.7 Å². The first-order valence-corrected chi connectivity index (χ1v) is 7.83. The highest BCUT2D eigenvalue weighted by Crippen LogP contribution is 2.37. The lowest BCUT2D eigenvalue weighted by atomic mass is 9.83. The van der Waals surface area contributed by atoms with E-state index in [0.29, 0.717) is 32.0 Å². The van der Waals surface area contributed by atoms with Gasteiger partial charge >= 0.3 is 12.0 Å². The van der Waals surface area contributed by atoms with Gasteiger partial charge in [-0.15, -0.1) is 0 Å². The highest BCUT2D eigenvalue weighted by Gasteiger charge is 2.47. The molecule has 1 N–H and O–H groups in total. The minimum atomic E-state index is -0.747. The number of carboxylic acids is 1. The van der Waals surface area contributed by atoms with E-state index in [0.717, 1.165) is 32.2 Å². The molecule has 0 aromatic carbocycles. The zero-order chi connectivity index (χ0) is 14.8. The Labute approximate surface area is 120 Å². The SMILES string of the molecule is CCCN(C(=O)N1CCC(CCC)(C(=O)O)C1)C1CC1. The Balaban J connectivity index is 2.03. The Kier molecular flexibility index (Phi) is 4.55. The predicted molar refractivity (Wildman–Crippen MR) is 76.6 cm³/mol. The number of urea groups is 1. The molecular formula is C15H26N2O3. The van der Waals surface area contributed by atoms with Gasteiger partial charge < -0.3 is 14.9 Å². The number of carbonyl (C=O) groups is 2. The van der Waals surface area contributed by atoms with Crippen molar-refractivity contribution in [2.45, 2.75) is 58.4 Å². The van der Waals surface area contributed by atoms with Crippen molar-refractivity contribution in [2.24, 2.45) is 5.41 Å². The van der Waals surface area contributed by atoms with Crippen LogP contribution in [0.15, 0.2) is 0 Å². The van der Waals surface area contributed by atoms with E-state index in [1.54, 1.807) is 4.90 Å². The second kappa shape index (κ2) is 6.02. The summed E-state index contributed by atoms with van der Waals surface area (Å²) in [4.78, 5) is 27.9.